The maximum absolute atomic E-state index is 13.4. The molecule has 0 heterocycles. The summed E-state index contributed by atoms with van der Waals surface area (Å²) in [6.07, 6.45) is 7.24. The van der Waals surface area contributed by atoms with Gasteiger partial charge in [0.25, 0.3) is 0 Å². The van der Waals surface area contributed by atoms with E-state index >= 15 is 0 Å². The largest absolute Gasteiger partial charge is 2.00 e. The summed E-state index contributed by atoms with van der Waals surface area (Å²) in [4.78, 5) is 34.0. The fourth-order valence-corrected chi connectivity index (χ4v) is 7.29. The van der Waals surface area contributed by atoms with Gasteiger partial charge in [0.05, 0.1) is 11.4 Å². The molecule has 4 aromatic carbocycles. The standard InChI is InChI=1S/C20H24F2NO.2C20H23F2NO.Fe/c3*1-19(2,3)12-7-16(20(4,5)6)18(24)17(8-12)23-15-10-13(21)9-14(22)11-15;/h7-11,24H,1-6H3;2*7-11H,1-6H3;/q-1;;;+2/p-1. The van der Waals surface area contributed by atoms with Crippen LogP contribution in [0, 0.1) is 56.6 Å². The first kappa shape index (κ1) is 61.5. The van der Waals surface area contributed by atoms with Crippen LogP contribution >= 0.6 is 0 Å². The number of carbonyl (C=O) groups excluding carboxylic acids is 2. The van der Waals surface area contributed by atoms with Crippen molar-refractivity contribution in [1.82, 2.24) is 0 Å². The van der Waals surface area contributed by atoms with Gasteiger partial charge in [0, 0.05) is 29.3 Å². The molecule has 0 unspecified atom stereocenters. The Morgan fingerprint density at radius 3 is 1.03 bits per heavy atom. The molecule has 13 heteroatoms. The monoisotopic (exact) mass is 1050 g/mol. The molecule has 0 radical (unpaired) electrons. The van der Waals surface area contributed by atoms with E-state index in [2.05, 4.69) is 15.3 Å². The Labute approximate surface area is 439 Å². The van der Waals surface area contributed by atoms with E-state index in [-0.39, 0.29) is 101 Å². The molecule has 0 bridgehead atoms. The summed E-state index contributed by atoms with van der Waals surface area (Å²) in [5.41, 5.74) is 4.13. The van der Waals surface area contributed by atoms with Crippen molar-refractivity contribution in [1.29, 1.82) is 0 Å². The quantitative estimate of drug-likeness (QED) is 0.116. The van der Waals surface area contributed by atoms with E-state index in [4.69, 9.17) is 0 Å². The first-order valence-corrected chi connectivity index (χ1v) is 23.7. The first-order chi connectivity index (χ1) is 32.6. The molecule has 0 fully saturated rings. The number of benzene rings is 4. The second-order valence-electron chi connectivity index (χ2n) is 24.3. The number of hydrogen-bond donors (Lipinski definition) is 0. The van der Waals surface area contributed by atoms with Crippen molar-refractivity contribution in [2.45, 2.75) is 135 Å². The van der Waals surface area contributed by atoms with Crippen LogP contribution < -0.4 is 5.11 Å². The molecule has 0 aromatic heterocycles. The minimum Gasteiger partial charge on any atom is -0.873 e. The van der Waals surface area contributed by atoms with Gasteiger partial charge in [-0.1, -0.05) is 154 Å². The van der Waals surface area contributed by atoms with Crippen molar-refractivity contribution in [3.63, 3.8) is 0 Å². The molecule has 0 aliphatic heterocycles. The van der Waals surface area contributed by atoms with Crippen molar-refractivity contribution < 1.29 is 58.1 Å². The predicted octanol–water partition coefficient (Wildman–Crippen LogP) is 17.1. The second kappa shape index (κ2) is 22.8. The van der Waals surface area contributed by atoms with Gasteiger partial charge in [-0.3, -0.25) is 9.59 Å². The fraction of sp³-hybridized carbons (Fsp3) is 0.400. The summed E-state index contributed by atoms with van der Waals surface area (Å²) in [5.74, 6) is -4.93. The Balaban J connectivity index is 0.000000287. The van der Waals surface area contributed by atoms with Crippen LogP contribution in [0.5, 0.6) is 5.75 Å². The van der Waals surface area contributed by atoms with Gasteiger partial charge < -0.3 is 10.4 Å². The van der Waals surface area contributed by atoms with Gasteiger partial charge in [0.15, 0.2) is 0 Å². The van der Waals surface area contributed by atoms with E-state index in [1.807, 2.05) is 143 Å². The zero-order valence-corrected chi connectivity index (χ0v) is 46.5. The molecular weight excluding hydrogens is 981 g/mol. The van der Waals surface area contributed by atoms with Crippen molar-refractivity contribution in [3.8, 4) is 5.75 Å². The van der Waals surface area contributed by atoms with Crippen molar-refractivity contribution in [2.24, 2.45) is 31.6 Å². The minimum absolute atomic E-state index is 0. The van der Waals surface area contributed by atoms with Gasteiger partial charge >= 0.3 is 17.1 Å². The number of ketones is 2. The van der Waals surface area contributed by atoms with E-state index in [9.17, 15) is 41.0 Å². The van der Waals surface area contributed by atoms with Crippen molar-refractivity contribution in [3.05, 3.63) is 165 Å². The molecule has 2 aliphatic carbocycles. The van der Waals surface area contributed by atoms with Crippen LogP contribution in [0.25, 0.3) is 5.32 Å². The molecule has 4 aromatic rings. The molecule has 0 atom stereocenters. The van der Waals surface area contributed by atoms with E-state index in [1.165, 1.54) is 0 Å². The molecular formula is C60H69F6FeN3O3. The van der Waals surface area contributed by atoms with Crippen molar-refractivity contribution >= 4 is 45.7 Å². The number of hydrogen-bond acceptors (Lipinski definition) is 5. The maximum Gasteiger partial charge on any atom is 2.00 e. The summed E-state index contributed by atoms with van der Waals surface area (Å²) in [6.45, 7) is 36.1. The number of aliphatic imine (C=N–C) groups is 2. The molecule has 2 aliphatic rings. The van der Waals surface area contributed by atoms with Crippen LogP contribution in [-0.2, 0) is 37.5 Å². The molecule has 0 saturated carbocycles. The zero-order chi connectivity index (χ0) is 54.9. The van der Waals surface area contributed by atoms with Gasteiger partial charge in [-0.2, -0.15) is 0 Å². The molecule has 6 nitrogen and oxygen atoms in total. The van der Waals surface area contributed by atoms with Crippen LogP contribution in [-0.4, -0.2) is 23.0 Å². The Bertz CT molecular complexity index is 2740. The Morgan fingerprint density at radius 1 is 0.411 bits per heavy atom. The van der Waals surface area contributed by atoms with E-state index in [0.29, 0.717) is 16.7 Å². The van der Waals surface area contributed by atoms with Gasteiger partial charge in [-0.25, -0.2) is 36.3 Å². The predicted molar refractivity (Wildman–Crippen MR) is 279 cm³/mol. The average Bonchev–Trinajstić information content (AvgIpc) is 3.17. The normalized spacial score (nSPS) is 15.8. The minimum atomic E-state index is -0.718. The number of carbonyl (C=O) groups is 2. The Hall–Kier alpha value is -5.78. The average molecular weight is 1050 g/mol. The Kier molecular flexibility index (Phi) is 19.2. The van der Waals surface area contributed by atoms with Crippen LogP contribution in [0.1, 0.15) is 136 Å². The molecule has 0 saturated heterocycles. The smallest absolute Gasteiger partial charge is 0.873 e. The summed E-state index contributed by atoms with van der Waals surface area (Å²) in [7, 11) is 0. The molecule has 0 N–H and O–H groups in total. The molecule has 392 valence electrons. The van der Waals surface area contributed by atoms with Crippen LogP contribution in [0.3, 0.4) is 0 Å². The van der Waals surface area contributed by atoms with Crippen LogP contribution in [0.2, 0.25) is 0 Å². The second-order valence-corrected chi connectivity index (χ2v) is 24.3. The third-order valence-corrected chi connectivity index (χ3v) is 11.5. The topological polar surface area (TPSA) is 96.0 Å². The summed E-state index contributed by atoms with van der Waals surface area (Å²) in [6, 6.07) is 12.6. The molecule has 0 amide bonds. The third-order valence-electron chi connectivity index (χ3n) is 11.5. The maximum atomic E-state index is 13.4. The molecule has 0 spiro atoms. The van der Waals surface area contributed by atoms with Crippen LogP contribution in [0.4, 0.5) is 49.1 Å². The summed E-state index contributed by atoms with van der Waals surface area (Å²) < 4.78 is 80.3. The van der Waals surface area contributed by atoms with Crippen LogP contribution in [0.15, 0.2) is 123 Å². The van der Waals surface area contributed by atoms with Crippen molar-refractivity contribution in [2.75, 3.05) is 0 Å². The fourth-order valence-electron chi connectivity index (χ4n) is 7.29. The van der Waals surface area contributed by atoms with E-state index in [0.717, 1.165) is 71.3 Å². The third kappa shape index (κ3) is 17.1. The first-order valence-electron chi connectivity index (χ1n) is 23.7. The summed E-state index contributed by atoms with van der Waals surface area (Å²) in [5, 5.41) is 17.0. The number of nitrogens with zero attached hydrogens (tertiary/aromatic N) is 3. The number of rotatable bonds is 4. The zero-order valence-electron chi connectivity index (χ0n) is 45.3. The number of Topliss-reactive ketones (excluding diaryl/α,β-unsaturated/α-hetero) is 2. The van der Waals surface area contributed by atoms with Gasteiger partial charge in [0.1, 0.15) is 46.3 Å². The molecule has 73 heavy (non-hydrogen) atoms. The van der Waals surface area contributed by atoms with E-state index in [1.54, 1.807) is 18.2 Å². The summed E-state index contributed by atoms with van der Waals surface area (Å²) >= 11 is 0. The number of halogens is 6. The van der Waals surface area contributed by atoms with Gasteiger partial charge in [-0.15, -0.1) is 17.1 Å². The Morgan fingerprint density at radius 2 is 0.740 bits per heavy atom. The van der Waals surface area contributed by atoms with Gasteiger partial charge in [-0.05, 0) is 97.7 Å². The van der Waals surface area contributed by atoms with Gasteiger partial charge in [0.2, 0.25) is 11.6 Å². The number of allylic oxidation sites excluding steroid dienone is 8. The molecule has 6 rings (SSSR count). The van der Waals surface area contributed by atoms with E-state index < -0.39 is 34.9 Å². The SMILES string of the molecule is CC(C)(C)C1=CC(=Nc2cc(F)cc(F)c2)C(=O)C(C(C)(C)C)=C1.CC(C)(C)C1=CC(=Nc2cc(F)cc(F)c2)C(=O)C(C(C)(C)C)=C1.CC(C)(C)c1cc([N-]c2cc(F)cc(F)c2)c([O-])c(C(C)(C)C)c1.[Fe+2].